The Morgan fingerprint density at radius 3 is 2.51 bits per heavy atom. The number of aliphatic hydroxyl groups excluding tert-OH is 1. The maximum atomic E-state index is 13.2. The van der Waals surface area contributed by atoms with Gasteiger partial charge in [-0.2, -0.15) is 0 Å². The molecule has 35 heavy (non-hydrogen) atoms. The van der Waals surface area contributed by atoms with Crippen molar-refractivity contribution in [2.24, 2.45) is 0 Å². The molecular formula is C27H29N3O5. The first-order valence-corrected chi connectivity index (χ1v) is 11.6. The molecule has 1 unspecified atom stereocenters. The number of ketones is 1. The zero-order valence-electron chi connectivity index (χ0n) is 20.1. The second kappa shape index (κ2) is 10.5. The van der Waals surface area contributed by atoms with Crippen molar-refractivity contribution in [2.75, 3.05) is 20.3 Å². The number of benzene rings is 2. The first-order chi connectivity index (χ1) is 16.9. The van der Waals surface area contributed by atoms with E-state index in [0.29, 0.717) is 48.7 Å². The van der Waals surface area contributed by atoms with Crippen molar-refractivity contribution in [1.82, 2.24) is 14.5 Å². The zero-order valence-corrected chi connectivity index (χ0v) is 20.1. The van der Waals surface area contributed by atoms with E-state index in [0.717, 1.165) is 5.56 Å². The van der Waals surface area contributed by atoms with Gasteiger partial charge in [0.1, 0.15) is 5.76 Å². The van der Waals surface area contributed by atoms with Crippen molar-refractivity contribution < 1.29 is 24.2 Å². The molecule has 8 nitrogen and oxygen atoms in total. The molecule has 0 spiro atoms. The van der Waals surface area contributed by atoms with E-state index in [4.69, 9.17) is 9.47 Å². The Hall–Kier alpha value is -4.07. The monoisotopic (exact) mass is 475 g/mol. The van der Waals surface area contributed by atoms with Gasteiger partial charge in [0.15, 0.2) is 11.5 Å². The third-order valence-electron chi connectivity index (χ3n) is 6.04. The molecule has 2 aromatic carbocycles. The van der Waals surface area contributed by atoms with Gasteiger partial charge in [-0.1, -0.05) is 35.9 Å². The number of nitrogens with zero attached hydrogens (tertiary/aromatic N) is 3. The number of carbonyl (C=O) groups is 2. The van der Waals surface area contributed by atoms with E-state index in [-0.39, 0.29) is 11.3 Å². The van der Waals surface area contributed by atoms with Crippen LogP contribution in [0.4, 0.5) is 0 Å². The van der Waals surface area contributed by atoms with Crippen LogP contribution in [0, 0.1) is 6.92 Å². The fourth-order valence-electron chi connectivity index (χ4n) is 4.30. The number of hydrogen-bond donors (Lipinski definition) is 1. The molecule has 4 rings (SSSR count). The summed E-state index contributed by atoms with van der Waals surface area (Å²) in [6, 6.07) is 11.7. The zero-order chi connectivity index (χ0) is 24.9. The van der Waals surface area contributed by atoms with Crippen LogP contribution in [0.15, 0.2) is 66.8 Å². The summed E-state index contributed by atoms with van der Waals surface area (Å²) in [4.78, 5) is 31.9. The SMILES string of the molecule is CCOc1ccc(C2/C(=C(/O)c3ccc(C)cc3)C(=O)C(=O)N2CCCn2ccnc2)cc1OC. The second-order valence-electron chi connectivity index (χ2n) is 8.36. The Labute approximate surface area is 204 Å². The summed E-state index contributed by atoms with van der Waals surface area (Å²) in [5.41, 5.74) is 2.22. The lowest BCUT2D eigenvalue weighted by Gasteiger charge is -2.26. The average Bonchev–Trinajstić information content (AvgIpc) is 3.47. The van der Waals surface area contributed by atoms with Crippen molar-refractivity contribution in [3.63, 3.8) is 0 Å². The van der Waals surface area contributed by atoms with Crippen molar-refractivity contribution in [2.45, 2.75) is 32.9 Å². The van der Waals surface area contributed by atoms with E-state index in [1.807, 2.05) is 36.7 Å². The number of aliphatic hydroxyl groups is 1. The van der Waals surface area contributed by atoms with Gasteiger partial charge in [0.05, 0.1) is 31.7 Å². The highest BCUT2D eigenvalue weighted by molar-refractivity contribution is 6.46. The average molecular weight is 476 g/mol. The fraction of sp³-hybridized carbons (Fsp3) is 0.296. The number of hydrogen-bond acceptors (Lipinski definition) is 6. The van der Waals surface area contributed by atoms with Crippen LogP contribution in [0.2, 0.25) is 0 Å². The predicted molar refractivity (Wildman–Crippen MR) is 131 cm³/mol. The van der Waals surface area contributed by atoms with Gasteiger partial charge in [-0.25, -0.2) is 4.98 Å². The molecule has 1 aliphatic heterocycles. The van der Waals surface area contributed by atoms with Crippen molar-refractivity contribution in [3.05, 3.63) is 83.4 Å². The Balaban J connectivity index is 1.77. The Morgan fingerprint density at radius 1 is 1.09 bits per heavy atom. The minimum absolute atomic E-state index is 0.0627. The second-order valence-corrected chi connectivity index (χ2v) is 8.36. The number of carbonyl (C=O) groups excluding carboxylic acids is 2. The maximum absolute atomic E-state index is 13.2. The first-order valence-electron chi connectivity index (χ1n) is 11.6. The summed E-state index contributed by atoms with van der Waals surface area (Å²) >= 11 is 0. The van der Waals surface area contributed by atoms with Gasteiger partial charge in [0.2, 0.25) is 0 Å². The quantitative estimate of drug-likeness (QED) is 0.284. The number of aryl methyl sites for hydroxylation is 2. The molecule has 1 amide bonds. The highest BCUT2D eigenvalue weighted by Gasteiger charge is 2.46. The number of amides is 1. The number of aromatic nitrogens is 2. The lowest BCUT2D eigenvalue weighted by atomic mass is 9.94. The van der Waals surface area contributed by atoms with Crippen molar-refractivity contribution in [3.8, 4) is 11.5 Å². The smallest absolute Gasteiger partial charge is 0.295 e. The molecule has 0 aliphatic carbocycles. The number of Topliss-reactive ketones (excluding diaryl/α,β-unsaturated/α-hetero) is 1. The Bertz CT molecular complexity index is 1230. The van der Waals surface area contributed by atoms with Crippen molar-refractivity contribution in [1.29, 1.82) is 0 Å². The number of imidazole rings is 1. The number of ether oxygens (including phenoxy) is 2. The molecule has 0 bridgehead atoms. The Morgan fingerprint density at radius 2 is 1.86 bits per heavy atom. The summed E-state index contributed by atoms with van der Waals surface area (Å²) in [5.74, 6) is -0.484. The van der Waals surface area contributed by atoms with Crippen LogP contribution in [0.25, 0.3) is 5.76 Å². The van der Waals surface area contributed by atoms with E-state index in [9.17, 15) is 14.7 Å². The first kappa shape index (κ1) is 24.1. The number of methoxy groups -OCH3 is 1. The van der Waals surface area contributed by atoms with Gasteiger partial charge in [-0.3, -0.25) is 9.59 Å². The highest BCUT2D eigenvalue weighted by atomic mass is 16.5. The number of rotatable bonds is 9. The molecule has 1 fully saturated rings. The molecule has 1 aliphatic rings. The van der Waals surface area contributed by atoms with Crippen LogP contribution in [-0.2, 0) is 16.1 Å². The van der Waals surface area contributed by atoms with Gasteiger partial charge >= 0.3 is 0 Å². The normalized spacial score (nSPS) is 17.1. The minimum Gasteiger partial charge on any atom is -0.507 e. The van der Waals surface area contributed by atoms with E-state index in [2.05, 4.69) is 4.98 Å². The molecule has 8 heteroatoms. The third kappa shape index (κ3) is 4.91. The third-order valence-corrected chi connectivity index (χ3v) is 6.04. The molecule has 1 saturated heterocycles. The molecule has 1 aromatic heterocycles. The van der Waals surface area contributed by atoms with Gasteiger partial charge in [0, 0.05) is 31.0 Å². The van der Waals surface area contributed by atoms with Crippen LogP contribution >= 0.6 is 0 Å². The van der Waals surface area contributed by atoms with Crippen LogP contribution in [0.5, 0.6) is 11.5 Å². The molecule has 1 N–H and O–H groups in total. The summed E-state index contributed by atoms with van der Waals surface area (Å²) in [6.45, 7) is 5.25. The van der Waals surface area contributed by atoms with Gasteiger partial charge < -0.3 is 24.0 Å². The largest absolute Gasteiger partial charge is 0.507 e. The fourth-order valence-corrected chi connectivity index (χ4v) is 4.30. The van der Waals surface area contributed by atoms with Crippen LogP contribution in [0.3, 0.4) is 0 Å². The molecule has 3 aromatic rings. The van der Waals surface area contributed by atoms with Gasteiger partial charge in [-0.15, -0.1) is 0 Å². The topological polar surface area (TPSA) is 93.9 Å². The lowest BCUT2D eigenvalue weighted by molar-refractivity contribution is -0.139. The maximum Gasteiger partial charge on any atom is 0.295 e. The van der Waals surface area contributed by atoms with Crippen molar-refractivity contribution >= 4 is 17.4 Å². The molecule has 2 heterocycles. The van der Waals surface area contributed by atoms with E-state index in [1.54, 1.807) is 42.9 Å². The summed E-state index contributed by atoms with van der Waals surface area (Å²) in [7, 11) is 1.54. The summed E-state index contributed by atoms with van der Waals surface area (Å²) in [5, 5.41) is 11.2. The van der Waals surface area contributed by atoms with E-state index in [1.165, 1.54) is 12.0 Å². The van der Waals surface area contributed by atoms with Gasteiger partial charge in [-0.05, 0) is 38.0 Å². The van der Waals surface area contributed by atoms with Crippen LogP contribution in [0.1, 0.15) is 36.1 Å². The molecule has 0 saturated carbocycles. The molecular weight excluding hydrogens is 446 g/mol. The van der Waals surface area contributed by atoms with Gasteiger partial charge in [0.25, 0.3) is 11.7 Å². The predicted octanol–water partition coefficient (Wildman–Crippen LogP) is 4.11. The lowest BCUT2D eigenvalue weighted by Crippen LogP contribution is -2.31. The minimum atomic E-state index is -0.760. The molecule has 1 atom stereocenters. The highest BCUT2D eigenvalue weighted by Crippen LogP contribution is 2.42. The molecule has 182 valence electrons. The van der Waals surface area contributed by atoms with E-state index < -0.39 is 17.7 Å². The van der Waals surface area contributed by atoms with Crippen LogP contribution < -0.4 is 9.47 Å². The molecule has 0 radical (unpaired) electrons. The van der Waals surface area contributed by atoms with Crippen LogP contribution in [-0.4, -0.2) is 51.5 Å². The number of likely N-dealkylation sites (tertiary alicyclic amines) is 1. The Kier molecular flexibility index (Phi) is 7.19. The summed E-state index contributed by atoms with van der Waals surface area (Å²) < 4.78 is 13.1. The standard InChI is InChI=1S/C27H29N3O5/c1-4-35-21-11-10-20(16-22(21)34-3)24-23(25(31)19-8-6-18(2)7-9-19)26(32)27(33)30(24)14-5-13-29-15-12-28-17-29/h6-12,15-17,24,31H,4-5,13-14H2,1-3H3/b25-23-. The summed E-state index contributed by atoms with van der Waals surface area (Å²) in [6.07, 6.45) is 5.86. The van der Waals surface area contributed by atoms with E-state index >= 15 is 0 Å².